The van der Waals surface area contributed by atoms with Crippen LogP contribution >= 0.6 is 0 Å². The third kappa shape index (κ3) is 6.41. The molecule has 7 rings (SSSR count). The van der Waals surface area contributed by atoms with E-state index in [2.05, 4.69) is 39.2 Å². The zero-order valence-corrected chi connectivity index (χ0v) is 27.6. The lowest BCUT2D eigenvalue weighted by Crippen LogP contribution is -2.43. The molecule has 248 valence electrons. The van der Waals surface area contributed by atoms with Crippen molar-refractivity contribution in [3.8, 4) is 16.8 Å². The molecular weight excluding hydrogens is 607 g/mol. The molecule has 0 N–H and O–H groups in total. The number of pyridine rings is 1. The van der Waals surface area contributed by atoms with E-state index in [-0.39, 0.29) is 28.8 Å². The summed E-state index contributed by atoms with van der Waals surface area (Å²) in [4.78, 5) is 47.7. The van der Waals surface area contributed by atoms with Crippen LogP contribution in [0.3, 0.4) is 0 Å². The van der Waals surface area contributed by atoms with Gasteiger partial charge in [-0.25, -0.2) is 18.7 Å². The molecular formula is C38H41FN6O3. The molecule has 0 unspecified atom stereocenters. The molecule has 0 spiro atoms. The Morgan fingerprint density at radius 2 is 1.67 bits per heavy atom. The average molecular weight is 649 g/mol. The summed E-state index contributed by atoms with van der Waals surface area (Å²) in [5.74, 6) is -0.497. The first kappa shape index (κ1) is 31.9. The van der Waals surface area contributed by atoms with E-state index in [1.165, 1.54) is 40.0 Å². The van der Waals surface area contributed by atoms with Gasteiger partial charge in [0.2, 0.25) is 0 Å². The van der Waals surface area contributed by atoms with Crippen LogP contribution in [0.5, 0.6) is 0 Å². The number of aromatic nitrogens is 5. The number of ketones is 1. The second-order valence-corrected chi connectivity index (χ2v) is 13.5. The standard InChI is InChI=1S/C38H41FN6O3/c1-25-19-34(41-42(25)2)35(46)20-26-11-15-31(16-12-26)45-37(47)33-22-30(39)23-40-36(33)44(38(45)48)32-8-6-7-29(21-32)28-13-9-27(10-14-28)24-43-17-4-3-5-18-43/h6-10,13-14,19,21-23,26,31H,3-5,11-12,15-18,20,24H2,1-2H3. The van der Waals surface area contributed by atoms with Crippen molar-refractivity contribution in [1.82, 2.24) is 28.8 Å². The van der Waals surface area contributed by atoms with Crippen LogP contribution in [-0.4, -0.2) is 47.7 Å². The van der Waals surface area contributed by atoms with Crippen LogP contribution in [0.4, 0.5) is 4.39 Å². The lowest BCUT2D eigenvalue weighted by atomic mass is 9.82. The van der Waals surface area contributed by atoms with Crippen molar-refractivity contribution in [2.45, 2.75) is 70.9 Å². The van der Waals surface area contributed by atoms with Crippen molar-refractivity contribution in [3.05, 3.63) is 110 Å². The SMILES string of the molecule is Cc1cc(C(=O)CC2CCC(n3c(=O)c4cc(F)cnc4n(-c4cccc(-c5ccc(CN6CCCCC6)cc5)c4)c3=O)CC2)nn1C. The Hall–Kier alpha value is -4.70. The molecule has 9 nitrogen and oxygen atoms in total. The second-order valence-electron chi connectivity index (χ2n) is 13.5. The van der Waals surface area contributed by atoms with E-state index < -0.39 is 17.1 Å². The molecule has 10 heteroatoms. The summed E-state index contributed by atoms with van der Waals surface area (Å²) in [6, 6.07) is 18.7. The van der Waals surface area contributed by atoms with Crippen molar-refractivity contribution in [3.63, 3.8) is 0 Å². The number of carbonyl (C=O) groups excluding carboxylic acids is 1. The zero-order valence-electron chi connectivity index (χ0n) is 27.6. The number of likely N-dealkylation sites (tertiary alicyclic amines) is 1. The quantitative estimate of drug-likeness (QED) is 0.181. The third-order valence-corrected chi connectivity index (χ3v) is 10.2. The third-order valence-electron chi connectivity index (χ3n) is 10.2. The van der Waals surface area contributed by atoms with Crippen molar-refractivity contribution in [1.29, 1.82) is 0 Å². The van der Waals surface area contributed by atoms with Crippen molar-refractivity contribution in [2.75, 3.05) is 13.1 Å². The van der Waals surface area contributed by atoms with Gasteiger partial charge in [-0.3, -0.25) is 23.7 Å². The maximum atomic E-state index is 14.5. The molecule has 4 heterocycles. The van der Waals surface area contributed by atoms with Gasteiger partial charge >= 0.3 is 5.69 Å². The molecule has 0 bridgehead atoms. The predicted molar refractivity (Wildman–Crippen MR) is 184 cm³/mol. The van der Waals surface area contributed by atoms with Crippen molar-refractivity contribution < 1.29 is 9.18 Å². The van der Waals surface area contributed by atoms with Gasteiger partial charge in [0.25, 0.3) is 5.56 Å². The maximum absolute atomic E-state index is 14.5. The van der Waals surface area contributed by atoms with Gasteiger partial charge in [-0.1, -0.05) is 42.8 Å². The Morgan fingerprint density at radius 1 is 0.917 bits per heavy atom. The molecule has 48 heavy (non-hydrogen) atoms. The Bertz CT molecular complexity index is 2060. The maximum Gasteiger partial charge on any atom is 0.337 e. The molecule has 1 saturated carbocycles. The summed E-state index contributed by atoms with van der Waals surface area (Å²) in [5.41, 5.74) is 4.24. The Labute approximate surface area is 278 Å². The number of Topliss-reactive ketones (excluding diaryl/α,β-unsaturated/α-hetero) is 1. The topological polar surface area (TPSA) is 95.0 Å². The van der Waals surface area contributed by atoms with Crippen molar-refractivity contribution >= 4 is 16.8 Å². The number of carbonyl (C=O) groups is 1. The summed E-state index contributed by atoms with van der Waals surface area (Å²) < 4.78 is 18.9. The smallest absolute Gasteiger partial charge is 0.299 e. The Kier molecular flexibility index (Phi) is 8.92. The molecule has 2 aromatic carbocycles. The van der Waals surface area contributed by atoms with Crippen LogP contribution < -0.4 is 11.2 Å². The number of rotatable bonds is 8. The number of hydrogen-bond donors (Lipinski definition) is 0. The fraction of sp³-hybridized carbons (Fsp3) is 0.395. The fourth-order valence-corrected chi connectivity index (χ4v) is 7.41. The fourth-order valence-electron chi connectivity index (χ4n) is 7.41. The largest absolute Gasteiger partial charge is 0.337 e. The Morgan fingerprint density at radius 3 is 2.38 bits per heavy atom. The number of fused-ring (bicyclic) bond motifs is 1. The van der Waals surface area contributed by atoms with Gasteiger partial charge in [0.15, 0.2) is 11.4 Å². The minimum absolute atomic E-state index is 0.00505. The first-order valence-corrected chi connectivity index (χ1v) is 17.0. The number of piperidine rings is 1. The Balaban J connectivity index is 1.17. The normalized spacial score (nSPS) is 18.7. The minimum Gasteiger partial charge on any atom is -0.299 e. The average Bonchev–Trinajstić information content (AvgIpc) is 3.44. The molecule has 0 amide bonds. The van der Waals surface area contributed by atoms with Gasteiger partial charge < -0.3 is 0 Å². The van der Waals surface area contributed by atoms with E-state index in [0.29, 0.717) is 43.5 Å². The number of benzene rings is 2. The van der Waals surface area contributed by atoms with E-state index in [1.807, 2.05) is 38.2 Å². The molecule has 0 radical (unpaired) electrons. The highest BCUT2D eigenvalue weighted by Gasteiger charge is 2.29. The highest BCUT2D eigenvalue weighted by atomic mass is 19.1. The van der Waals surface area contributed by atoms with E-state index in [9.17, 15) is 18.8 Å². The van der Waals surface area contributed by atoms with E-state index >= 15 is 0 Å². The van der Waals surface area contributed by atoms with Gasteiger partial charge in [0.1, 0.15) is 11.5 Å². The van der Waals surface area contributed by atoms with Gasteiger partial charge in [0.05, 0.1) is 17.3 Å². The number of halogens is 1. The molecule has 5 aromatic rings. The lowest BCUT2D eigenvalue weighted by Gasteiger charge is -2.29. The molecule has 3 aromatic heterocycles. The van der Waals surface area contributed by atoms with Gasteiger partial charge in [0, 0.05) is 31.7 Å². The van der Waals surface area contributed by atoms with Crippen LogP contribution in [-0.2, 0) is 13.6 Å². The summed E-state index contributed by atoms with van der Waals surface area (Å²) in [5, 5.41) is 4.39. The van der Waals surface area contributed by atoms with E-state index in [1.54, 1.807) is 10.7 Å². The highest BCUT2D eigenvalue weighted by molar-refractivity contribution is 5.94. The molecule has 1 aliphatic carbocycles. The molecule has 1 saturated heterocycles. The zero-order chi connectivity index (χ0) is 33.4. The van der Waals surface area contributed by atoms with Crippen LogP contribution in [0.25, 0.3) is 27.8 Å². The minimum atomic E-state index is -0.637. The van der Waals surface area contributed by atoms with Gasteiger partial charge in [-0.05, 0) is 105 Å². The van der Waals surface area contributed by atoms with Crippen molar-refractivity contribution in [2.24, 2.45) is 13.0 Å². The van der Waals surface area contributed by atoms with E-state index in [0.717, 1.165) is 42.7 Å². The summed E-state index contributed by atoms with van der Waals surface area (Å²) >= 11 is 0. The lowest BCUT2D eigenvalue weighted by molar-refractivity contribution is 0.0937. The molecule has 2 fully saturated rings. The summed E-state index contributed by atoms with van der Waals surface area (Å²) in [7, 11) is 1.82. The van der Waals surface area contributed by atoms with Crippen LogP contribution in [0.15, 0.2) is 76.4 Å². The van der Waals surface area contributed by atoms with Gasteiger partial charge in [-0.2, -0.15) is 5.10 Å². The van der Waals surface area contributed by atoms with Gasteiger partial charge in [-0.15, -0.1) is 0 Å². The summed E-state index contributed by atoms with van der Waals surface area (Å²) in [6.45, 7) is 5.13. The molecule has 0 atom stereocenters. The number of hydrogen-bond acceptors (Lipinski definition) is 6. The number of aryl methyl sites for hydroxylation is 2. The second kappa shape index (κ2) is 13.4. The number of nitrogens with zero attached hydrogens (tertiary/aromatic N) is 6. The van der Waals surface area contributed by atoms with Crippen LogP contribution in [0.1, 0.15) is 79.2 Å². The molecule has 1 aliphatic heterocycles. The summed E-state index contributed by atoms with van der Waals surface area (Å²) in [6.07, 6.45) is 7.74. The first-order valence-electron chi connectivity index (χ1n) is 17.0. The van der Waals surface area contributed by atoms with Crippen LogP contribution in [0, 0.1) is 18.7 Å². The van der Waals surface area contributed by atoms with E-state index in [4.69, 9.17) is 0 Å². The predicted octanol–water partition coefficient (Wildman–Crippen LogP) is 6.39. The van der Waals surface area contributed by atoms with Crippen LogP contribution in [0.2, 0.25) is 0 Å². The highest BCUT2D eigenvalue weighted by Crippen LogP contribution is 2.34. The monoisotopic (exact) mass is 648 g/mol. The first-order chi connectivity index (χ1) is 23.2. The molecule has 2 aliphatic rings.